The number of hydrogen-bond acceptors (Lipinski definition) is 2. The van der Waals surface area contributed by atoms with Crippen molar-refractivity contribution < 1.29 is 9.59 Å². The van der Waals surface area contributed by atoms with Crippen molar-refractivity contribution in [3.05, 3.63) is 35.0 Å². The maximum absolute atomic E-state index is 12.6. The molecule has 5 nitrogen and oxygen atoms in total. The Balaban J connectivity index is 1.60. The fourth-order valence-corrected chi connectivity index (χ4v) is 4.14. The van der Waals surface area contributed by atoms with E-state index in [2.05, 4.69) is 10.3 Å². The molecule has 1 aromatic heterocycles. The number of carbonyl (C=O) groups excluding carboxylic acids is 2. The number of fused-ring (bicyclic) bond motifs is 3. The number of rotatable bonds is 2. The molecule has 4 rings (SSSR count). The van der Waals surface area contributed by atoms with Gasteiger partial charge in [-0.15, -0.1) is 0 Å². The van der Waals surface area contributed by atoms with Crippen LogP contribution in [0.4, 0.5) is 0 Å². The Morgan fingerprint density at radius 1 is 1.20 bits per heavy atom. The first kappa shape index (κ1) is 16.2. The zero-order chi connectivity index (χ0) is 17.4. The monoisotopic (exact) mass is 339 g/mol. The quantitative estimate of drug-likeness (QED) is 0.883. The van der Waals surface area contributed by atoms with Crippen molar-refractivity contribution in [1.29, 1.82) is 0 Å². The van der Waals surface area contributed by atoms with Crippen molar-refractivity contribution in [3.8, 4) is 0 Å². The van der Waals surface area contributed by atoms with Gasteiger partial charge in [0.2, 0.25) is 5.91 Å². The van der Waals surface area contributed by atoms with Gasteiger partial charge in [-0.25, -0.2) is 0 Å². The summed E-state index contributed by atoms with van der Waals surface area (Å²) < 4.78 is 0. The zero-order valence-corrected chi connectivity index (χ0v) is 14.7. The van der Waals surface area contributed by atoms with Crippen molar-refractivity contribution in [2.45, 2.75) is 58.0 Å². The third-order valence-corrected chi connectivity index (χ3v) is 5.62. The van der Waals surface area contributed by atoms with E-state index in [1.54, 1.807) is 6.92 Å². The second kappa shape index (κ2) is 6.54. The highest BCUT2D eigenvalue weighted by molar-refractivity contribution is 5.99. The largest absolute Gasteiger partial charge is 0.358 e. The van der Waals surface area contributed by atoms with Crippen LogP contribution >= 0.6 is 0 Å². The van der Waals surface area contributed by atoms with E-state index in [4.69, 9.17) is 0 Å². The van der Waals surface area contributed by atoms with Gasteiger partial charge in [0.1, 0.15) is 0 Å². The lowest BCUT2D eigenvalue weighted by Gasteiger charge is -2.26. The lowest BCUT2D eigenvalue weighted by atomic mass is 9.95. The Hall–Kier alpha value is -2.30. The SMILES string of the molecule is CC(=O)N1CCc2[nH]c3ccc(C(=O)NC4CCCCC4)cc3c2C1. The number of H-pyrrole nitrogens is 1. The summed E-state index contributed by atoms with van der Waals surface area (Å²) in [5, 5.41) is 4.25. The molecule has 2 N–H and O–H groups in total. The van der Waals surface area contributed by atoms with E-state index in [-0.39, 0.29) is 11.8 Å². The minimum atomic E-state index is 0.0167. The Bertz CT molecular complexity index is 818. The summed E-state index contributed by atoms with van der Waals surface area (Å²) in [5.74, 6) is 0.120. The van der Waals surface area contributed by atoms with Gasteiger partial charge >= 0.3 is 0 Å². The molecule has 0 radical (unpaired) electrons. The van der Waals surface area contributed by atoms with Crippen LogP contribution in [0.25, 0.3) is 10.9 Å². The van der Waals surface area contributed by atoms with E-state index >= 15 is 0 Å². The number of carbonyl (C=O) groups is 2. The van der Waals surface area contributed by atoms with E-state index in [9.17, 15) is 9.59 Å². The van der Waals surface area contributed by atoms with Gasteiger partial charge in [0.05, 0.1) is 0 Å². The molecule has 0 atom stereocenters. The van der Waals surface area contributed by atoms with Gasteiger partial charge in [0.15, 0.2) is 0 Å². The highest BCUT2D eigenvalue weighted by Gasteiger charge is 2.23. The van der Waals surface area contributed by atoms with Gasteiger partial charge < -0.3 is 15.2 Å². The Kier molecular flexibility index (Phi) is 4.24. The average molecular weight is 339 g/mol. The molecule has 132 valence electrons. The summed E-state index contributed by atoms with van der Waals surface area (Å²) in [5.41, 5.74) is 4.10. The van der Waals surface area contributed by atoms with Gasteiger partial charge in [-0.2, -0.15) is 0 Å². The number of benzene rings is 1. The zero-order valence-electron chi connectivity index (χ0n) is 14.7. The number of nitrogens with zero attached hydrogens (tertiary/aromatic N) is 1. The summed E-state index contributed by atoms with van der Waals surface area (Å²) in [4.78, 5) is 29.7. The fraction of sp³-hybridized carbons (Fsp3) is 0.500. The molecule has 0 bridgehead atoms. The first-order valence-electron chi connectivity index (χ1n) is 9.31. The van der Waals surface area contributed by atoms with Gasteiger partial charge in [-0.3, -0.25) is 9.59 Å². The van der Waals surface area contributed by atoms with Crippen LogP contribution in [0.2, 0.25) is 0 Å². The van der Waals surface area contributed by atoms with Crippen LogP contribution in [0.3, 0.4) is 0 Å². The molecule has 1 aliphatic heterocycles. The number of nitrogens with one attached hydrogen (secondary N) is 2. The van der Waals surface area contributed by atoms with Crippen molar-refractivity contribution in [3.63, 3.8) is 0 Å². The number of aromatic amines is 1. The molecule has 1 aliphatic carbocycles. The molecule has 25 heavy (non-hydrogen) atoms. The molecular formula is C20H25N3O2. The first-order chi connectivity index (χ1) is 12.1. The average Bonchev–Trinajstić information content (AvgIpc) is 2.99. The number of aromatic nitrogens is 1. The number of amides is 2. The molecule has 5 heteroatoms. The van der Waals surface area contributed by atoms with Gasteiger partial charge in [0, 0.05) is 60.2 Å². The van der Waals surface area contributed by atoms with Crippen LogP contribution in [0.15, 0.2) is 18.2 Å². The fourth-order valence-electron chi connectivity index (χ4n) is 4.14. The smallest absolute Gasteiger partial charge is 0.251 e. The van der Waals surface area contributed by atoms with Crippen LogP contribution in [-0.4, -0.2) is 34.3 Å². The molecule has 1 aromatic carbocycles. The van der Waals surface area contributed by atoms with Crippen LogP contribution < -0.4 is 5.32 Å². The summed E-state index contributed by atoms with van der Waals surface area (Å²) >= 11 is 0. The van der Waals surface area contributed by atoms with E-state index in [1.807, 2.05) is 23.1 Å². The van der Waals surface area contributed by atoms with Crippen molar-refractivity contribution in [2.24, 2.45) is 0 Å². The molecule has 2 amide bonds. The Labute approximate surface area is 147 Å². The first-order valence-corrected chi connectivity index (χ1v) is 9.31. The normalized spacial score (nSPS) is 18.2. The highest BCUT2D eigenvalue weighted by Crippen LogP contribution is 2.29. The predicted molar refractivity (Wildman–Crippen MR) is 97.4 cm³/mol. The lowest BCUT2D eigenvalue weighted by molar-refractivity contribution is -0.129. The summed E-state index contributed by atoms with van der Waals surface area (Å²) in [6.45, 7) is 2.99. The summed E-state index contributed by atoms with van der Waals surface area (Å²) in [6.07, 6.45) is 6.70. The maximum atomic E-state index is 12.6. The van der Waals surface area contributed by atoms with E-state index in [1.165, 1.54) is 25.0 Å². The summed E-state index contributed by atoms with van der Waals surface area (Å²) in [7, 11) is 0. The minimum absolute atomic E-state index is 0.0167. The van der Waals surface area contributed by atoms with Crippen LogP contribution in [0.1, 0.15) is 60.6 Å². The van der Waals surface area contributed by atoms with E-state index in [0.29, 0.717) is 18.2 Å². The van der Waals surface area contributed by atoms with Crippen molar-refractivity contribution >= 4 is 22.7 Å². The van der Waals surface area contributed by atoms with Gasteiger partial charge in [0.25, 0.3) is 5.91 Å². The van der Waals surface area contributed by atoms with Crippen LogP contribution in [-0.2, 0) is 17.8 Å². The number of hydrogen-bond donors (Lipinski definition) is 2. The minimum Gasteiger partial charge on any atom is -0.358 e. The Morgan fingerprint density at radius 3 is 2.76 bits per heavy atom. The second-order valence-electron chi connectivity index (χ2n) is 7.34. The molecule has 2 aromatic rings. The maximum Gasteiger partial charge on any atom is 0.251 e. The topological polar surface area (TPSA) is 65.2 Å². The third kappa shape index (κ3) is 3.15. The van der Waals surface area contributed by atoms with E-state index < -0.39 is 0 Å². The molecule has 2 heterocycles. The van der Waals surface area contributed by atoms with Gasteiger partial charge in [-0.1, -0.05) is 19.3 Å². The van der Waals surface area contributed by atoms with Gasteiger partial charge in [-0.05, 0) is 31.0 Å². The lowest BCUT2D eigenvalue weighted by Crippen LogP contribution is -2.36. The molecule has 1 fully saturated rings. The molecule has 2 aliphatic rings. The van der Waals surface area contributed by atoms with Crippen LogP contribution in [0, 0.1) is 0 Å². The van der Waals surface area contributed by atoms with Crippen LogP contribution in [0.5, 0.6) is 0 Å². The molecule has 0 spiro atoms. The summed E-state index contributed by atoms with van der Waals surface area (Å²) in [6, 6.07) is 6.17. The molecule has 1 saturated carbocycles. The Morgan fingerprint density at radius 2 is 2.00 bits per heavy atom. The molecule has 0 saturated heterocycles. The second-order valence-corrected chi connectivity index (χ2v) is 7.34. The van der Waals surface area contributed by atoms with Crippen molar-refractivity contribution in [2.75, 3.05) is 6.54 Å². The van der Waals surface area contributed by atoms with Crippen molar-refractivity contribution in [1.82, 2.24) is 15.2 Å². The van der Waals surface area contributed by atoms with E-state index in [0.717, 1.165) is 42.3 Å². The highest BCUT2D eigenvalue weighted by atomic mass is 16.2. The predicted octanol–water partition coefficient (Wildman–Crippen LogP) is 3.14. The third-order valence-electron chi connectivity index (χ3n) is 5.62. The molecule has 0 unspecified atom stereocenters. The standard InChI is InChI=1S/C20H25N3O2/c1-13(24)23-10-9-19-17(12-23)16-11-14(7-8-18(16)22-19)20(25)21-15-5-3-2-4-6-15/h7-8,11,15,22H,2-6,9-10,12H2,1H3,(H,21,25). The molecular weight excluding hydrogens is 314 g/mol.